The standard InChI is InChI=1S/C16H10ClF3N2O3/c17-11-4-1-9(2-5-11)12-6-3-10(7-14(12)25-16(18,19)20)13-8-24-15(23)22-21-13/h1-7H,8H2,(H,22,23). The molecule has 1 aliphatic rings. The van der Waals surface area contributed by atoms with Crippen molar-refractivity contribution in [3.05, 3.63) is 53.1 Å². The number of carbonyl (C=O) groups is 1. The number of hydrazone groups is 1. The predicted octanol–water partition coefficient (Wildman–Crippen LogP) is 4.35. The van der Waals surface area contributed by atoms with Gasteiger partial charge in [0.1, 0.15) is 18.1 Å². The number of amides is 1. The third kappa shape index (κ3) is 4.21. The van der Waals surface area contributed by atoms with Crippen molar-refractivity contribution in [1.82, 2.24) is 5.43 Å². The highest BCUT2D eigenvalue weighted by Crippen LogP contribution is 2.35. The molecule has 0 aromatic heterocycles. The van der Waals surface area contributed by atoms with Crippen molar-refractivity contribution in [2.75, 3.05) is 6.61 Å². The molecule has 0 saturated heterocycles. The molecular weight excluding hydrogens is 361 g/mol. The van der Waals surface area contributed by atoms with E-state index in [2.05, 4.69) is 15.3 Å². The molecule has 130 valence electrons. The van der Waals surface area contributed by atoms with Crippen molar-refractivity contribution in [2.24, 2.45) is 5.10 Å². The quantitative estimate of drug-likeness (QED) is 0.873. The van der Waals surface area contributed by atoms with Crippen LogP contribution in [0.15, 0.2) is 47.6 Å². The number of halogens is 4. The lowest BCUT2D eigenvalue weighted by molar-refractivity contribution is -0.274. The highest BCUT2D eigenvalue weighted by molar-refractivity contribution is 6.30. The number of hydrogen-bond donors (Lipinski definition) is 1. The summed E-state index contributed by atoms with van der Waals surface area (Å²) in [4.78, 5) is 10.9. The Kier molecular flexibility index (Phi) is 4.54. The lowest BCUT2D eigenvalue weighted by Crippen LogP contribution is -2.30. The van der Waals surface area contributed by atoms with E-state index in [0.717, 1.165) is 0 Å². The first-order valence-corrected chi connectivity index (χ1v) is 7.35. The second-order valence-electron chi connectivity index (χ2n) is 5.01. The number of rotatable bonds is 3. The van der Waals surface area contributed by atoms with Gasteiger partial charge in [-0.25, -0.2) is 10.2 Å². The van der Waals surface area contributed by atoms with Crippen LogP contribution in [0.5, 0.6) is 5.75 Å². The second kappa shape index (κ2) is 6.64. The lowest BCUT2D eigenvalue weighted by Gasteiger charge is -2.17. The summed E-state index contributed by atoms with van der Waals surface area (Å²) < 4.78 is 47.2. The van der Waals surface area contributed by atoms with Crippen LogP contribution in [-0.4, -0.2) is 24.8 Å². The maximum Gasteiger partial charge on any atom is 0.573 e. The van der Waals surface area contributed by atoms with Crippen molar-refractivity contribution in [3.63, 3.8) is 0 Å². The van der Waals surface area contributed by atoms with Gasteiger partial charge in [0.2, 0.25) is 0 Å². The molecule has 0 atom stereocenters. The Bertz CT molecular complexity index is 836. The maximum absolute atomic E-state index is 12.8. The summed E-state index contributed by atoms with van der Waals surface area (Å²) in [5, 5.41) is 4.23. The van der Waals surface area contributed by atoms with Gasteiger partial charge in [-0.3, -0.25) is 0 Å². The van der Waals surface area contributed by atoms with Crippen LogP contribution in [0.4, 0.5) is 18.0 Å². The molecule has 0 bridgehead atoms. The first-order chi connectivity index (χ1) is 11.8. The number of benzene rings is 2. The third-order valence-corrected chi connectivity index (χ3v) is 3.57. The average molecular weight is 371 g/mol. The zero-order chi connectivity index (χ0) is 18.0. The van der Waals surface area contributed by atoms with Gasteiger partial charge in [-0.1, -0.05) is 29.8 Å². The summed E-state index contributed by atoms with van der Waals surface area (Å²) in [7, 11) is 0. The Morgan fingerprint density at radius 1 is 1.12 bits per heavy atom. The van der Waals surface area contributed by atoms with E-state index in [1.54, 1.807) is 30.3 Å². The molecule has 25 heavy (non-hydrogen) atoms. The van der Waals surface area contributed by atoms with Gasteiger partial charge in [-0.15, -0.1) is 13.2 Å². The van der Waals surface area contributed by atoms with Gasteiger partial charge >= 0.3 is 12.5 Å². The van der Waals surface area contributed by atoms with E-state index < -0.39 is 18.2 Å². The van der Waals surface area contributed by atoms with Gasteiger partial charge in [-0.05, 0) is 29.8 Å². The van der Waals surface area contributed by atoms with Gasteiger partial charge in [0.05, 0.1) is 0 Å². The summed E-state index contributed by atoms with van der Waals surface area (Å²) in [5.41, 5.74) is 3.44. The van der Waals surface area contributed by atoms with Gasteiger partial charge < -0.3 is 9.47 Å². The molecule has 0 aliphatic carbocycles. The van der Waals surface area contributed by atoms with Gasteiger partial charge in [0, 0.05) is 16.1 Å². The minimum atomic E-state index is -4.86. The monoisotopic (exact) mass is 370 g/mol. The first-order valence-electron chi connectivity index (χ1n) is 6.97. The zero-order valence-electron chi connectivity index (χ0n) is 12.4. The van der Waals surface area contributed by atoms with Crippen LogP contribution >= 0.6 is 11.6 Å². The van der Waals surface area contributed by atoms with Crippen molar-refractivity contribution in [3.8, 4) is 16.9 Å². The lowest BCUT2D eigenvalue weighted by atomic mass is 10.0. The van der Waals surface area contributed by atoms with Crippen molar-refractivity contribution in [1.29, 1.82) is 0 Å². The fourth-order valence-corrected chi connectivity index (χ4v) is 2.36. The zero-order valence-corrected chi connectivity index (χ0v) is 13.2. The summed E-state index contributed by atoms with van der Waals surface area (Å²) in [5.74, 6) is -0.396. The minimum Gasteiger partial charge on any atom is -0.442 e. The van der Waals surface area contributed by atoms with Crippen LogP contribution in [0.25, 0.3) is 11.1 Å². The van der Waals surface area contributed by atoms with E-state index in [1.165, 1.54) is 12.1 Å². The summed E-state index contributed by atoms with van der Waals surface area (Å²) in [6.45, 7) is -0.155. The van der Waals surface area contributed by atoms with Crippen LogP contribution < -0.4 is 10.2 Å². The van der Waals surface area contributed by atoms with Crippen LogP contribution in [0, 0.1) is 0 Å². The molecule has 0 unspecified atom stereocenters. The first kappa shape index (κ1) is 17.1. The van der Waals surface area contributed by atoms with Crippen LogP contribution in [0.2, 0.25) is 5.02 Å². The molecule has 0 saturated carbocycles. The molecule has 1 aliphatic heterocycles. The van der Waals surface area contributed by atoms with Crippen molar-refractivity contribution < 1.29 is 27.4 Å². The Balaban J connectivity index is 2.03. The Morgan fingerprint density at radius 2 is 1.80 bits per heavy atom. The molecule has 0 radical (unpaired) electrons. The predicted molar refractivity (Wildman–Crippen MR) is 84.6 cm³/mol. The third-order valence-electron chi connectivity index (χ3n) is 3.32. The smallest absolute Gasteiger partial charge is 0.442 e. The average Bonchev–Trinajstić information content (AvgIpc) is 2.55. The largest absolute Gasteiger partial charge is 0.573 e. The second-order valence-corrected chi connectivity index (χ2v) is 5.45. The number of nitrogens with one attached hydrogen (secondary N) is 1. The Labute approximate surface area is 145 Å². The molecule has 9 heteroatoms. The van der Waals surface area contributed by atoms with Crippen molar-refractivity contribution >= 4 is 23.4 Å². The van der Waals surface area contributed by atoms with Crippen LogP contribution in [0.1, 0.15) is 5.56 Å². The number of carbonyl (C=O) groups excluding carboxylic acids is 1. The summed E-state index contributed by atoms with van der Waals surface area (Å²) >= 11 is 5.81. The van der Waals surface area contributed by atoms with E-state index in [9.17, 15) is 18.0 Å². The Hall–Kier alpha value is -2.74. The summed E-state index contributed by atoms with van der Waals surface area (Å²) in [6.07, 6.45) is -5.59. The number of ether oxygens (including phenoxy) is 2. The fourth-order valence-electron chi connectivity index (χ4n) is 2.24. The number of nitrogens with zero attached hydrogens (tertiary/aromatic N) is 1. The van der Waals surface area contributed by atoms with E-state index in [0.29, 0.717) is 16.1 Å². The number of hydrogen-bond acceptors (Lipinski definition) is 4. The molecular formula is C16H10ClF3N2O3. The van der Waals surface area contributed by atoms with Crippen LogP contribution in [-0.2, 0) is 4.74 Å². The fraction of sp³-hybridized carbons (Fsp3) is 0.125. The molecule has 1 N–H and O–H groups in total. The maximum atomic E-state index is 12.8. The molecule has 2 aromatic rings. The van der Waals surface area contributed by atoms with E-state index >= 15 is 0 Å². The van der Waals surface area contributed by atoms with Gasteiger partial charge in [0.15, 0.2) is 0 Å². The number of alkyl halides is 3. The van der Waals surface area contributed by atoms with E-state index in [-0.39, 0.29) is 17.9 Å². The van der Waals surface area contributed by atoms with Crippen LogP contribution in [0.3, 0.4) is 0 Å². The molecule has 3 rings (SSSR count). The highest BCUT2D eigenvalue weighted by atomic mass is 35.5. The minimum absolute atomic E-state index is 0.155. The molecule has 2 aromatic carbocycles. The van der Waals surface area contributed by atoms with Gasteiger partial charge in [-0.2, -0.15) is 5.10 Å². The SMILES string of the molecule is O=C1NN=C(c2ccc(-c3ccc(Cl)cc3)c(OC(F)(F)F)c2)CO1. The summed E-state index contributed by atoms with van der Waals surface area (Å²) in [6, 6.07) is 10.5. The van der Waals surface area contributed by atoms with E-state index in [4.69, 9.17) is 16.3 Å². The normalized spacial score (nSPS) is 14.4. The topological polar surface area (TPSA) is 59.9 Å². The Morgan fingerprint density at radius 3 is 2.40 bits per heavy atom. The van der Waals surface area contributed by atoms with Gasteiger partial charge in [0.25, 0.3) is 0 Å². The molecule has 1 amide bonds. The molecule has 0 fully saturated rings. The molecule has 1 heterocycles. The van der Waals surface area contributed by atoms with Crippen molar-refractivity contribution in [2.45, 2.75) is 6.36 Å². The number of cyclic esters (lactones) is 1. The molecule has 5 nitrogen and oxygen atoms in total. The highest BCUT2D eigenvalue weighted by Gasteiger charge is 2.32. The van der Waals surface area contributed by atoms with E-state index in [1.807, 2.05) is 0 Å². The molecule has 0 spiro atoms.